The van der Waals surface area contributed by atoms with Crippen molar-refractivity contribution in [3.8, 4) is 17.2 Å². The molecule has 1 aromatic heterocycles. The average molecular weight is 423 g/mol. The number of anilines is 1. The van der Waals surface area contributed by atoms with Crippen molar-refractivity contribution in [1.29, 1.82) is 0 Å². The lowest BCUT2D eigenvalue weighted by atomic mass is 10.1. The molecule has 0 fully saturated rings. The van der Waals surface area contributed by atoms with Gasteiger partial charge >= 0.3 is 0 Å². The molecule has 0 radical (unpaired) electrons. The number of rotatable bonds is 8. The Morgan fingerprint density at radius 2 is 1.71 bits per heavy atom. The highest BCUT2D eigenvalue weighted by atomic mass is 16.5. The van der Waals surface area contributed by atoms with Crippen molar-refractivity contribution in [1.82, 2.24) is 4.57 Å². The Bertz CT molecular complexity index is 1090. The third-order valence-corrected chi connectivity index (χ3v) is 5.60. The normalized spacial score (nSPS) is 10.6. The maximum atomic E-state index is 13.4. The van der Waals surface area contributed by atoms with Crippen LogP contribution in [0.5, 0.6) is 17.2 Å². The van der Waals surface area contributed by atoms with Crippen LogP contribution in [-0.4, -0.2) is 31.8 Å². The highest BCUT2D eigenvalue weighted by Crippen LogP contribution is 2.31. The number of methoxy groups -OCH3 is 3. The lowest BCUT2D eigenvalue weighted by molar-refractivity contribution is 0.101. The van der Waals surface area contributed by atoms with Gasteiger partial charge in [0.2, 0.25) is 0 Å². The minimum Gasteiger partial charge on any atom is -0.497 e. The molecule has 3 rings (SSSR count). The molecule has 0 atom stereocenters. The Morgan fingerprint density at radius 1 is 0.968 bits per heavy atom. The topological polar surface area (TPSA) is 61.7 Å². The first kappa shape index (κ1) is 22.3. The van der Waals surface area contributed by atoms with Crippen LogP contribution in [0.3, 0.4) is 0 Å². The Labute approximate surface area is 183 Å². The molecule has 0 unspecified atom stereocenters. The van der Waals surface area contributed by atoms with Gasteiger partial charge in [-0.3, -0.25) is 4.79 Å². The Hall–Kier alpha value is -3.41. The molecule has 6 nitrogen and oxygen atoms in total. The summed E-state index contributed by atoms with van der Waals surface area (Å²) in [6, 6.07) is 13.3. The quantitative estimate of drug-likeness (QED) is 0.555. The number of ether oxygens (including phenoxy) is 3. The van der Waals surface area contributed by atoms with Gasteiger partial charge in [0.15, 0.2) is 11.5 Å². The predicted octanol–water partition coefficient (Wildman–Crippen LogP) is 4.99. The molecule has 0 saturated carbocycles. The van der Waals surface area contributed by atoms with E-state index in [9.17, 15) is 4.79 Å². The first-order chi connectivity index (χ1) is 14.9. The van der Waals surface area contributed by atoms with Crippen molar-refractivity contribution < 1.29 is 19.0 Å². The molecule has 3 aromatic rings. The lowest BCUT2D eigenvalue weighted by Crippen LogP contribution is -2.19. The van der Waals surface area contributed by atoms with Gasteiger partial charge < -0.3 is 24.1 Å². The Balaban J connectivity index is 1.98. The molecule has 0 aliphatic carbocycles. The molecule has 0 spiro atoms. The van der Waals surface area contributed by atoms with Crippen LogP contribution in [0.25, 0.3) is 0 Å². The number of carbonyl (C=O) groups excluding carboxylic acids is 1. The number of hydrogen-bond donors (Lipinski definition) is 1. The second-order valence-electron chi connectivity index (χ2n) is 7.35. The van der Waals surface area contributed by atoms with E-state index in [0.29, 0.717) is 29.4 Å². The fourth-order valence-corrected chi connectivity index (χ4v) is 4.02. The van der Waals surface area contributed by atoms with Crippen LogP contribution >= 0.6 is 0 Å². The van der Waals surface area contributed by atoms with Gasteiger partial charge in [0.05, 0.1) is 21.3 Å². The minimum atomic E-state index is -0.157. The highest BCUT2D eigenvalue weighted by molar-refractivity contribution is 6.04. The van der Waals surface area contributed by atoms with Crippen molar-refractivity contribution in [2.24, 2.45) is 0 Å². The molecule has 31 heavy (non-hydrogen) atoms. The number of nitrogens with one attached hydrogen (secondary N) is 1. The van der Waals surface area contributed by atoms with E-state index in [-0.39, 0.29) is 5.91 Å². The number of aromatic nitrogens is 1. The third-order valence-electron chi connectivity index (χ3n) is 5.60. The summed E-state index contributed by atoms with van der Waals surface area (Å²) >= 11 is 0. The summed E-state index contributed by atoms with van der Waals surface area (Å²) in [7, 11) is 4.81. The van der Waals surface area contributed by atoms with E-state index >= 15 is 0 Å². The Kier molecular flexibility index (Phi) is 6.90. The molecular weight excluding hydrogens is 392 g/mol. The van der Waals surface area contributed by atoms with E-state index < -0.39 is 0 Å². The summed E-state index contributed by atoms with van der Waals surface area (Å²) < 4.78 is 18.1. The van der Waals surface area contributed by atoms with E-state index in [4.69, 9.17) is 14.2 Å². The molecule has 164 valence electrons. The number of amides is 1. The van der Waals surface area contributed by atoms with Crippen LogP contribution < -0.4 is 19.5 Å². The predicted molar refractivity (Wildman–Crippen MR) is 123 cm³/mol. The zero-order valence-electron chi connectivity index (χ0n) is 19.0. The fourth-order valence-electron chi connectivity index (χ4n) is 4.02. The fraction of sp³-hybridized carbons (Fsp3) is 0.320. The van der Waals surface area contributed by atoms with Crippen molar-refractivity contribution in [3.63, 3.8) is 0 Å². The van der Waals surface area contributed by atoms with Crippen LogP contribution in [0.2, 0.25) is 0 Å². The maximum Gasteiger partial charge on any atom is 0.272 e. The van der Waals surface area contributed by atoms with Crippen molar-refractivity contribution >= 4 is 11.6 Å². The van der Waals surface area contributed by atoms with Crippen LogP contribution in [0.4, 0.5) is 5.69 Å². The maximum absolute atomic E-state index is 13.4. The lowest BCUT2D eigenvalue weighted by Gasteiger charge is -2.14. The van der Waals surface area contributed by atoms with Crippen molar-refractivity contribution in [2.45, 2.75) is 33.7 Å². The van der Waals surface area contributed by atoms with E-state index in [0.717, 1.165) is 29.0 Å². The second-order valence-corrected chi connectivity index (χ2v) is 7.35. The molecule has 6 heteroatoms. The summed E-state index contributed by atoms with van der Waals surface area (Å²) in [4.78, 5) is 13.4. The molecule has 0 saturated heterocycles. The first-order valence-corrected chi connectivity index (χ1v) is 10.3. The van der Waals surface area contributed by atoms with Gasteiger partial charge in [-0.25, -0.2) is 0 Å². The summed E-state index contributed by atoms with van der Waals surface area (Å²) in [5.41, 5.74) is 5.67. The molecule has 1 amide bonds. The minimum absolute atomic E-state index is 0.157. The first-order valence-electron chi connectivity index (χ1n) is 10.3. The van der Waals surface area contributed by atoms with Gasteiger partial charge in [-0.2, -0.15) is 0 Å². The summed E-state index contributed by atoms with van der Waals surface area (Å²) in [6.45, 7) is 6.77. The van der Waals surface area contributed by atoms with Gasteiger partial charge in [-0.1, -0.05) is 19.1 Å². The molecule has 1 N–H and O–H groups in total. The Morgan fingerprint density at radius 3 is 2.35 bits per heavy atom. The molecule has 0 aliphatic heterocycles. The largest absolute Gasteiger partial charge is 0.497 e. The number of carbonyl (C=O) groups is 1. The van der Waals surface area contributed by atoms with Gasteiger partial charge in [0, 0.05) is 24.0 Å². The monoisotopic (exact) mass is 422 g/mol. The van der Waals surface area contributed by atoms with Crippen LogP contribution in [0.1, 0.15) is 39.8 Å². The molecular formula is C25H30N2O4. The van der Waals surface area contributed by atoms with Gasteiger partial charge in [-0.05, 0) is 61.2 Å². The van der Waals surface area contributed by atoms with E-state index in [1.165, 1.54) is 5.56 Å². The van der Waals surface area contributed by atoms with E-state index in [2.05, 4.69) is 23.7 Å². The smallest absolute Gasteiger partial charge is 0.272 e. The highest BCUT2D eigenvalue weighted by Gasteiger charge is 2.22. The van der Waals surface area contributed by atoms with Gasteiger partial charge in [-0.15, -0.1) is 0 Å². The number of benzene rings is 2. The summed E-state index contributed by atoms with van der Waals surface area (Å²) in [5.74, 6) is 1.82. The standard InChI is InChI=1S/C25H30N2O4/c1-7-21-16(2)24(25(28)26-19-11-12-22(30-5)23(14-19)31-6)27(17(21)3)15-18-9-8-10-20(13-18)29-4/h8-14H,7,15H2,1-6H3,(H,26,28). The van der Waals surface area contributed by atoms with E-state index in [1.54, 1.807) is 39.5 Å². The van der Waals surface area contributed by atoms with Crippen molar-refractivity contribution in [3.05, 3.63) is 70.5 Å². The number of hydrogen-bond acceptors (Lipinski definition) is 4. The van der Waals surface area contributed by atoms with Crippen LogP contribution in [0.15, 0.2) is 42.5 Å². The molecule has 2 aromatic carbocycles. The van der Waals surface area contributed by atoms with E-state index in [1.807, 2.05) is 31.2 Å². The van der Waals surface area contributed by atoms with Crippen molar-refractivity contribution in [2.75, 3.05) is 26.6 Å². The number of nitrogens with zero attached hydrogens (tertiary/aromatic N) is 1. The van der Waals surface area contributed by atoms with Gasteiger partial charge in [0.25, 0.3) is 5.91 Å². The average Bonchev–Trinajstić information content (AvgIpc) is 3.02. The molecule has 0 bridgehead atoms. The summed E-state index contributed by atoms with van der Waals surface area (Å²) in [6.07, 6.45) is 0.861. The summed E-state index contributed by atoms with van der Waals surface area (Å²) in [5, 5.41) is 3.02. The molecule has 1 heterocycles. The zero-order chi connectivity index (χ0) is 22.5. The second kappa shape index (κ2) is 9.60. The SMILES string of the molecule is CCc1c(C)c(C(=O)Nc2ccc(OC)c(OC)c2)n(Cc2cccc(OC)c2)c1C. The third kappa shape index (κ3) is 4.53. The molecule has 0 aliphatic rings. The zero-order valence-corrected chi connectivity index (χ0v) is 19.0. The van der Waals surface area contributed by atoms with Crippen LogP contribution in [-0.2, 0) is 13.0 Å². The van der Waals surface area contributed by atoms with Gasteiger partial charge in [0.1, 0.15) is 11.4 Å². The van der Waals surface area contributed by atoms with Crippen LogP contribution in [0, 0.1) is 13.8 Å².